The Bertz CT molecular complexity index is 433. The van der Waals surface area contributed by atoms with Crippen LogP contribution in [-0.4, -0.2) is 18.2 Å². The number of ether oxygens (including phenoxy) is 1. The Hall–Kier alpha value is 0.1000. The molecule has 0 amide bonds. The molecule has 1 heterocycles. The van der Waals surface area contributed by atoms with Crippen LogP contribution in [0.4, 0.5) is 0 Å². The van der Waals surface area contributed by atoms with Crippen LogP contribution in [0.1, 0.15) is 51.3 Å². The van der Waals surface area contributed by atoms with Crippen molar-refractivity contribution in [1.29, 1.82) is 0 Å². The maximum atomic E-state index is 6.57. The Morgan fingerprint density at radius 2 is 1.95 bits per heavy atom. The second-order valence-corrected chi connectivity index (χ2v) is 9.23. The molecule has 0 bridgehead atoms. The molecule has 0 spiro atoms. The minimum atomic E-state index is -0.124. The highest BCUT2D eigenvalue weighted by Crippen LogP contribution is 2.44. The first kappa shape index (κ1) is 16.5. The third-order valence-electron chi connectivity index (χ3n) is 4.61. The summed E-state index contributed by atoms with van der Waals surface area (Å²) in [5.74, 6) is 0. The standard InChI is InChI=1S/C16H26BrNOS/c1-4-19-16(9-7-15(2,3)8-10-16)13(18)11-12-5-6-14(17)20-12/h5-6,13H,4,7-11,18H2,1-3H3. The van der Waals surface area contributed by atoms with Crippen molar-refractivity contribution in [2.75, 3.05) is 6.61 Å². The summed E-state index contributed by atoms with van der Waals surface area (Å²) in [5.41, 5.74) is 6.88. The minimum absolute atomic E-state index is 0.0871. The molecule has 0 aromatic carbocycles. The first-order valence-corrected chi connectivity index (χ1v) is 9.12. The van der Waals surface area contributed by atoms with Gasteiger partial charge in [-0.3, -0.25) is 0 Å². The average molecular weight is 360 g/mol. The maximum absolute atomic E-state index is 6.57. The Balaban J connectivity index is 2.07. The van der Waals surface area contributed by atoms with E-state index < -0.39 is 0 Å². The lowest BCUT2D eigenvalue weighted by atomic mass is 9.68. The molecule has 0 saturated heterocycles. The minimum Gasteiger partial charge on any atom is -0.374 e. The molecule has 2 rings (SSSR count). The summed E-state index contributed by atoms with van der Waals surface area (Å²) in [6, 6.07) is 4.36. The molecule has 1 unspecified atom stereocenters. The van der Waals surface area contributed by atoms with Crippen molar-refractivity contribution in [2.24, 2.45) is 11.1 Å². The van der Waals surface area contributed by atoms with Gasteiger partial charge < -0.3 is 10.5 Å². The first-order valence-electron chi connectivity index (χ1n) is 7.51. The summed E-state index contributed by atoms with van der Waals surface area (Å²) in [6.45, 7) is 7.54. The van der Waals surface area contributed by atoms with Gasteiger partial charge in [0.2, 0.25) is 0 Å². The fourth-order valence-electron chi connectivity index (χ4n) is 3.12. The van der Waals surface area contributed by atoms with Crippen molar-refractivity contribution < 1.29 is 4.74 Å². The fraction of sp³-hybridized carbons (Fsp3) is 0.750. The van der Waals surface area contributed by atoms with E-state index >= 15 is 0 Å². The molecule has 0 aliphatic heterocycles. The van der Waals surface area contributed by atoms with Gasteiger partial charge in [0.05, 0.1) is 9.39 Å². The second kappa shape index (κ2) is 6.47. The molecule has 1 saturated carbocycles. The second-order valence-electron chi connectivity index (χ2n) is 6.68. The lowest BCUT2D eigenvalue weighted by molar-refractivity contribution is -0.0986. The molecule has 0 radical (unpaired) electrons. The van der Waals surface area contributed by atoms with Crippen LogP contribution in [0.25, 0.3) is 0 Å². The molecule has 1 aliphatic rings. The van der Waals surface area contributed by atoms with Gasteiger partial charge in [-0.15, -0.1) is 11.3 Å². The summed E-state index contributed by atoms with van der Waals surface area (Å²) < 4.78 is 7.35. The van der Waals surface area contributed by atoms with E-state index in [1.54, 1.807) is 11.3 Å². The predicted molar refractivity (Wildman–Crippen MR) is 90.3 cm³/mol. The summed E-state index contributed by atoms with van der Waals surface area (Å²) >= 11 is 5.30. The normalized spacial score (nSPS) is 22.6. The van der Waals surface area contributed by atoms with Crippen LogP contribution >= 0.6 is 27.3 Å². The van der Waals surface area contributed by atoms with E-state index in [4.69, 9.17) is 10.5 Å². The van der Waals surface area contributed by atoms with Gasteiger partial charge in [-0.1, -0.05) is 13.8 Å². The molecular formula is C16H26BrNOS. The van der Waals surface area contributed by atoms with E-state index in [1.807, 2.05) is 0 Å². The molecule has 4 heteroatoms. The average Bonchev–Trinajstić information content (AvgIpc) is 2.78. The molecular weight excluding hydrogens is 334 g/mol. The van der Waals surface area contributed by atoms with Crippen molar-refractivity contribution in [3.8, 4) is 0 Å². The van der Waals surface area contributed by atoms with Crippen LogP contribution in [0.2, 0.25) is 0 Å². The number of hydrogen-bond donors (Lipinski definition) is 1. The first-order chi connectivity index (χ1) is 9.37. The zero-order chi connectivity index (χ0) is 14.8. The SMILES string of the molecule is CCOC1(C(N)Cc2ccc(Br)s2)CCC(C)(C)CC1. The largest absolute Gasteiger partial charge is 0.374 e. The van der Waals surface area contributed by atoms with Crippen molar-refractivity contribution >= 4 is 27.3 Å². The van der Waals surface area contributed by atoms with E-state index in [0.29, 0.717) is 5.41 Å². The van der Waals surface area contributed by atoms with Crippen molar-refractivity contribution in [3.63, 3.8) is 0 Å². The van der Waals surface area contributed by atoms with Crippen LogP contribution in [0.5, 0.6) is 0 Å². The molecule has 114 valence electrons. The van der Waals surface area contributed by atoms with E-state index in [0.717, 1.165) is 25.9 Å². The van der Waals surface area contributed by atoms with Gasteiger partial charge in [0.25, 0.3) is 0 Å². The van der Waals surface area contributed by atoms with Crippen LogP contribution < -0.4 is 5.73 Å². The van der Waals surface area contributed by atoms with Crippen molar-refractivity contribution in [2.45, 2.75) is 64.5 Å². The zero-order valence-electron chi connectivity index (χ0n) is 12.7. The summed E-state index contributed by atoms with van der Waals surface area (Å²) in [5, 5.41) is 0. The smallest absolute Gasteiger partial charge is 0.0836 e. The van der Waals surface area contributed by atoms with Gasteiger partial charge >= 0.3 is 0 Å². The van der Waals surface area contributed by atoms with Crippen LogP contribution in [-0.2, 0) is 11.2 Å². The monoisotopic (exact) mass is 359 g/mol. The Kier molecular flexibility index (Phi) is 5.33. The van der Waals surface area contributed by atoms with Gasteiger partial charge in [0.15, 0.2) is 0 Å². The molecule has 1 aromatic rings. The highest BCUT2D eigenvalue weighted by molar-refractivity contribution is 9.11. The molecule has 1 atom stereocenters. The van der Waals surface area contributed by atoms with Gasteiger partial charge in [0.1, 0.15) is 0 Å². The third-order valence-corrected chi connectivity index (χ3v) is 6.25. The number of hydrogen-bond acceptors (Lipinski definition) is 3. The summed E-state index contributed by atoms with van der Waals surface area (Å²) in [4.78, 5) is 1.34. The number of rotatable bonds is 5. The zero-order valence-corrected chi connectivity index (χ0v) is 15.1. The van der Waals surface area contributed by atoms with E-state index in [-0.39, 0.29) is 11.6 Å². The molecule has 1 aromatic heterocycles. The third kappa shape index (κ3) is 3.85. The highest BCUT2D eigenvalue weighted by atomic mass is 79.9. The molecule has 1 aliphatic carbocycles. The summed E-state index contributed by atoms with van der Waals surface area (Å²) in [6.07, 6.45) is 5.49. The predicted octanol–water partition coefficient (Wildman–Crippen LogP) is 4.76. The lowest BCUT2D eigenvalue weighted by Gasteiger charge is -2.46. The maximum Gasteiger partial charge on any atom is 0.0836 e. The molecule has 1 fully saturated rings. The van der Waals surface area contributed by atoms with Crippen LogP contribution in [0.3, 0.4) is 0 Å². The molecule has 2 N–H and O–H groups in total. The van der Waals surface area contributed by atoms with E-state index in [2.05, 4.69) is 48.8 Å². The van der Waals surface area contributed by atoms with Crippen molar-refractivity contribution in [3.05, 3.63) is 20.8 Å². The number of nitrogens with two attached hydrogens (primary N) is 1. The fourth-order valence-corrected chi connectivity index (χ4v) is 4.67. The van der Waals surface area contributed by atoms with Crippen LogP contribution in [0, 0.1) is 5.41 Å². The Morgan fingerprint density at radius 3 is 2.45 bits per heavy atom. The molecule has 2 nitrogen and oxygen atoms in total. The van der Waals surface area contributed by atoms with Crippen molar-refractivity contribution in [1.82, 2.24) is 0 Å². The van der Waals surface area contributed by atoms with Gasteiger partial charge in [-0.05, 0) is 72.5 Å². The Labute approximate surface area is 135 Å². The number of halogens is 1. The number of thiophene rings is 1. The van der Waals surface area contributed by atoms with E-state index in [9.17, 15) is 0 Å². The van der Waals surface area contributed by atoms with Gasteiger partial charge in [-0.25, -0.2) is 0 Å². The molecule has 20 heavy (non-hydrogen) atoms. The lowest BCUT2D eigenvalue weighted by Crippen LogP contribution is -2.54. The quantitative estimate of drug-likeness (QED) is 0.822. The highest BCUT2D eigenvalue weighted by Gasteiger charge is 2.43. The van der Waals surface area contributed by atoms with Gasteiger partial charge in [0, 0.05) is 17.5 Å². The van der Waals surface area contributed by atoms with Gasteiger partial charge in [-0.2, -0.15) is 0 Å². The summed E-state index contributed by atoms with van der Waals surface area (Å²) in [7, 11) is 0. The Morgan fingerprint density at radius 1 is 1.30 bits per heavy atom. The van der Waals surface area contributed by atoms with Crippen LogP contribution in [0.15, 0.2) is 15.9 Å². The van der Waals surface area contributed by atoms with E-state index in [1.165, 1.54) is 21.5 Å². The topological polar surface area (TPSA) is 35.2 Å².